The number of nitrogens with one attached hydrogen (secondary N) is 1. The second-order valence-corrected chi connectivity index (χ2v) is 9.08. The van der Waals surface area contributed by atoms with E-state index in [0.717, 1.165) is 50.3 Å². The van der Waals surface area contributed by atoms with Crippen molar-refractivity contribution in [3.63, 3.8) is 0 Å². The highest BCUT2D eigenvalue weighted by molar-refractivity contribution is 6.16. The molecule has 0 aliphatic carbocycles. The van der Waals surface area contributed by atoms with Crippen LogP contribution in [0.25, 0.3) is 33.1 Å². The lowest BCUT2D eigenvalue weighted by atomic mass is 10.0. The van der Waals surface area contributed by atoms with Crippen molar-refractivity contribution in [1.29, 1.82) is 0 Å². The van der Waals surface area contributed by atoms with E-state index >= 15 is 0 Å². The molecule has 176 valence electrons. The molecule has 0 spiro atoms. The van der Waals surface area contributed by atoms with E-state index in [0.29, 0.717) is 0 Å². The maximum Gasteiger partial charge on any atom is 0.170 e. The monoisotopic (exact) mass is 477 g/mol. The molecule has 0 saturated carbocycles. The Kier molecular flexibility index (Phi) is 5.14. The summed E-state index contributed by atoms with van der Waals surface area (Å²) in [5.41, 5.74) is 7.13. The molecule has 1 N–H and O–H groups in total. The summed E-state index contributed by atoms with van der Waals surface area (Å²) in [6, 6.07) is 43.4. The summed E-state index contributed by atoms with van der Waals surface area (Å²) in [5, 5.41) is 5.64. The topological polar surface area (TPSA) is 49.9 Å². The second-order valence-electron chi connectivity index (χ2n) is 9.08. The molecule has 0 fully saturated rings. The van der Waals surface area contributed by atoms with Gasteiger partial charge in [-0.1, -0.05) is 115 Å². The fraction of sp³-hybridized carbons (Fsp3) is 0.0303. The van der Waals surface area contributed by atoms with Crippen molar-refractivity contribution >= 4 is 33.6 Å². The SMILES string of the molecule is c1ccc(C2=NC(c3cccc4oc5ccccc5c34)N=C(c3ccc(-c4ccccc4)cc3)N2)cc1. The maximum absolute atomic E-state index is 6.15. The summed E-state index contributed by atoms with van der Waals surface area (Å²) >= 11 is 0. The molecule has 4 heteroatoms. The Hall–Kier alpha value is -4.96. The van der Waals surface area contributed by atoms with Crippen molar-refractivity contribution in [2.45, 2.75) is 6.17 Å². The Morgan fingerprint density at radius 1 is 0.486 bits per heavy atom. The molecule has 0 saturated heterocycles. The molecule has 37 heavy (non-hydrogen) atoms. The van der Waals surface area contributed by atoms with Gasteiger partial charge in [0.1, 0.15) is 22.8 Å². The molecule has 0 bridgehead atoms. The molecule has 1 aromatic heterocycles. The fourth-order valence-corrected chi connectivity index (χ4v) is 4.95. The Morgan fingerprint density at radius 2 is 1.03 bits per heavy atom. The summed E-state index contributed by atoms with van der Waals surface area (Å²) < 4.78 is 6.15. The van der Waals surface area contributed by atoms with E-state index in [1.165, 1.54) is 11.1 Å². The first kappa shape index (κ1) is 21.3. The molecule has 1 unspecified atom stereocenters. The van der Waals surface area contributed by atoms with Gasteiger partial charge in [-0.2, -0.15) is 0 Å². The number of hydrogen-bond donors (Lipinski definition) is 1. The summed E-state index contributed by atoms with van der Waals surface area (Å²) in [6.07, 6.45) is -0.412. The van der Waals surface area contributed by atoms with E-state index < -0.39 is 6.17 Å². The molecule has 2 heterocycles. The number of hydrogen-bond acceptors (Lipinski definition) is 4. The Balaban J connectivity index is 1.36. The van der Waals surface area contributed by atoms with Gasteiger partial charge in [-0.3, -0.25) is 0 Å². The van der Waals surface area contributed by atoms with Crippen molar-refractivity contribution in [3.05, 3.63) is 144 Å². The average Bonchev–Trinajstić information content (AvgIpc) is 3.37. The standard InChI is InChI=1S/C33H23N3O/c1-3-10-22(11-4-1)23-18-20-25(21-19-23)32-34-31(24-12-5-2-6-13-24)35-33(36-32)27-15-9-17-29-30(27)26-14-7-8-16-28(26)37-29/h1-21,33H,(H,34,35,36). The highest BCUT2D eigenvalue weighted by Gasteiger charge is 2.23. The maximum atomic E-state index is 6.15. The van der Waals surface area contributed by atoms with Crippen molar-refractivity contribution < 1.29 is 4.42 Å². The normalized spacial score (nSPS) is 15.3. The first-order valence-corrected chi connectivity index (χ1v) is 12.4. The number of furan rings is 1. The number of nitrogens with zero attached hydrogens (tertiary/aromatic N) is 2. The Labute approximate surface area is 214 Å². The van der Waals surface area contributed by atoms with E-state index in [1.54, 1.807) is 0 Å². The minimum absolute atomic E-state index is 0.412. The number of para-hydroxylation sites is 1. The van der Waals surface area contributed by atoms with Crippen LogP contribution in [0.1, 0.15) is 22.9 Å². The minimum atomic E-state index is -0.412. The predicted octanol–water partition coefficient (Wildman–Crippen LogP) is 7.75. The van der Waals surface area contributed by atoms with Gasteiger partial charge in [-0.25, -0.2) is 9.98 Å². The largest absolute Gasteiger partial charge is 0.456 e. The number of benzene rings is 5. The Bertz CT molecular complexity index is 1780. The Morgan fingerprint density at radius 3 is 1.76 bits per heavy atom. The quantitative estimate of drug-likeness (QED) is 0.282. The van der Waals surface area contributed by atoms with Gasteiger partial charge in [0, 0.05) is 27.5 Å². The number of aliphatic imine (C=N–C) groups is 2. The van der Waals surface area contributed by atoms with Crippen LogP contribution in [0.15, 0.2) is 142 Å². The zero-order valence-corrected chi connectivity index (χ0v) is 20.0. The van der Waals surface area contributed by atoms with E-state index in [9.17, 15) is 0 Å². The smallest absolute Gasteiger partial charge is 0.170 e. The van der Waals surface area contributed by atoms with Gasteiger partial charge in [-0.15, -0.1) is 0 Å². The van der Waals surface area contributed by atoms with Gasteiger partial charge < -0.3 is 9.73 Å². The summed E-state index contributed by atoms with van der Waals surface area (Å²) in [7, 11) is 0. The zero-order chi connectivity index (χ0) is 24.6. The lowest BCUT2D eigenvalue weighted by Gasteiger charge is -2.23. The van der Waals surface area contributed by atoms with Crippen LogP contribution in [0.2, 0.25) is 0 Å². The molecule has 0 amide bonds. The highest BCUT2D eigenvalue weighted by Crippen LogP contribution is 2.36. The predicted molar refractivity (Wildman–Crippen MR) is 151 cm³/mol. The van der Waals surface area contributed by atoms with Crippen LogP contribution in [-0.4, -0.2) is 11.7 Å². The van der Waals surface area contributed by atoms with Gasteiger partial charge in [0.2, 0.25) is 0 Å². The van der Waals surface area contributed by atoms with E-state index in [-0.39, 0.29) is 0 Å². The van der Waals surface area contributed by atoms with E-state index in [1.807, 2.05) is 54.6 Å². The molecular weight excluding hydrogens is 454 g/mol. The second kappa shape index (κ2) is 8.92. The number of rotatable bonds is 4. The minimum Gasteiger partial charge on any atom is -0.456 e. The first-order chi connectivity index (χ1) is 18.3. The third-order valence-corrected chi connectivity index (χ3v) is 6.77. The van der Waals surface area contributed by atoms with E-state index in [4.69, 9.17) is 14.4 Å². The van der Waals surface area contributed by atoms with Crippen molar-refractivity contribution in [2.24, 2.45) is 9.98 Å². The zero-order valence-electron chi connectivity index (χ0n) is 20.0. The van der Waals surface area contributed by atoms with Crippen LogP contribution in [0.5, 0.6) is 0 Å². The summed E-state index contributed by atoms with van der Waals surface area (Å²) in [6.45, 7) is 0. The van der Waals surface area contributed by atoms with Crippen LogP contribution in [0.4, 0.5) is 0 Å². The van der Waals surface area contributed by atoms with Gasteiger partial charge in [0.25, 0.3) is 0 Å². The molecule has 1 atom stereocenters. The molecule has 4 nitrogen and oxygen atoms in total. The molecule has 7 rings (SSSR count). The van der Waals surface area contributed by atoms with Crippen molar-refractivity contribution in [2.75, 3.05) is 0 Å². The van der Waals surface area contributed by atoms with Crippen LogP contribution in [0.3, 0.4) is 0 Å². The summed E-state index contributed by atoms with van der Waals surface area (Å²) in [5.74, 6) is 1.59. The first-order valence-electron chi connectivity index (χ1n) is 12.4. The highest BCUT2D eigenvalue weighted by atomic mass is 16.3. The van der Waals surface area contributed by atoms with Crippen LogP contribution < -0.4 is 5.32 Å². The van der Waals surface area contributed by atoms with Crippen LogP contribution in [0, 0.1) is 0 Å². The third kappa shape index (κ3) is 3.89. The third-order valence-electron chi connectivity index (χ3n) is 6.77. The van der Waals surface area contributed by atoms with Crippen LogP contribution in [-0.2, 0) is 0 Å². The van der Waals surface area contributed by atoms with Gasteiger partial charge in [0.15, 0.2) is 6.17 Å². The molecule has 6 aromatic rings. The lowest BCUT2D eigenvalue weighted by molar-refractivity contribution is 0.667. The van der Waals surface area contributed by atoms with Crippen LogP contribution >= 0.6 is 0 Å². The van der Waals surface area contributed by atoms with Crippen molar-refractivity contribution in [1.82, 2.24) is 5.32 Å². The number of amidine groups is 2. The molecular formula is C33H23N3O. The lowest BCUT2D eigenvalue weighted by Crippen LogP contribution is -2.36. The molecule has 5 aromatic carbocycles. The molecule has 0 radical (unpaired) electrons. The summed E-state index contributed by atoms with van der Waals surface area (Å²) in [4.78, 5) is 10.2. The van der Waals surface area contributed by atoms with Gasteiger partial charge in [0.05, 0.1) is 0 Å². The number of fused-ring (bicyclic) bond motifs is 3. The van der Waals surface area contributed by atoms with E-state index in [2.05, 4.69) is 78.1 Å². The average molecular weight is 478 g/mol. The fourth-order valence-electron chi connectivity index (χ4n) is 4.95. The molecule has 1 aliphatic rings. The van der Waals surface area contributed by atoms with Gasteiger partial charge >= 0.3 is 0 Å². The van der Waals surface area contributed by atoms with Gasteiger partial charge in [-0.05, 0) is 23.3 Å². The van der Waals surface area contributed by atoms with Crippen molar-refractivity contribution in [3.8, 4) is 11.1 Å². The molecule has 1 aliphatic heterocycles.